The average Bonchev–Trinajstić information content (AvgIpc) is 2.96. The highest BCUT2D eigenvalue weighted by molar-refractivity contribution is 6.07. The van der Waals surface area contributed by atoms with Crippen molar-refractivity contribution in [1.82, 2.24) is 25.1 Å². The molecule has 3 heterocycles. The van der Waals surface area contributed by atoms with Gasteiger partial charge in [0.05, 0.1) is 6.20 Å². The van der Waals surface area contributed by atoms with E-state index in [2.05, 4.69) is 20.5 Å². The summed E-state index contributed by atoms with van der Waals surface area (Å²) in [7, 11) is 0. The summed E-state index contributed by atoms with van der Waals surface area (Å²) < 4.78 is 1.73. The van der Waals surface area contributed by atoms with Gasteiger partial charge >= 0.3 is 0 Å². The summed E-state index contributed by atoms with van der Waals surface area (Å²) >= 11 is 0. The van der Waals surface area contributed by atoms with Gasteiger partial charge in [-0.2, -0.15) is 5.10 Å². The maximum Gasteiger partial charge on any atom is 0.288 e. The van der Waals surface area contributed by atoms with Gasteiger partial charge in [-0.3, -0.25) is 14.6 Å². The number of aromatic amines is 1. The maximum atomic E-state index is 12.4. The summed E-state index contributed by atoms with van der Waals surface area (Å²) in [5.41, 5.74) is 1.88. The van der Waals surface area contributed by atoms with Gasteiger partial charge in [0.25, 0.3) is 5.56 Å². The molecule has 0 atom stereocenters. The molecule has 0 spiro atoms. The van der Waals surface area contributed by atoms with Crippen LogP contribution in [0.15, 0.2) is 59.8 Å². The van der Waals surface area contributed by atoms with Crippen LogP contribution in [0.2, 0.25) is 0 Å². The molecule has 0 saturated carbocycles. The van der Waals surface area contributed by atoms with Gasteiger partial charge in [-0.15, -0.1) is 0 Å². The van der Waals surface area contributed by atoms with Gasteiger partial charge in [0.15, 0.2) is 0 Å². The molecule has 1 aromatic carbocycles. The van der Waals surface area contributed by atoms with Gasteiger partial charge in [-0.05, 0) is 17.7 Å². The van der Waals surface area contributed by atoms with Crippen LogP contribution in [0.3, 0.4) is 0 Å². The van der Waals surface area contributed by atoms with Crippen molar-refractivity contribution >= 4 is 27.7 Å². The van der Waals surface area contributed by atoms with Crippen molar-refractivity contribution in [2.24, 2.45) is 0 Å². The molecule has 124 valence electrons. The minimum atomic E-state index is -0.311. The molecule has 0 radical (unpaired) electrons. The highest BCUT2D eigenvalue weighted by Crippen LogP contribution is 2.25. The number of amides is 1. The Kier molecular flexibility index (Phi) is 3.74. The number of carbonyl (C=O) groups excluding carboxylic acids is 1. The predicted octanol–water partition coefficient (Wildman–Crippen LogP) is 1.59. The normalized spacial score (nSPS) is 11.0. The number of nitrogens with one attached hydrogen (secondary N) is 2. The number of carbonyl (C=O) groups is 1. The van der Waals surface area contributed by atoms with Crippen LogP contribution < -0.4 is 10.9 Å². The number of pyridine rings is 1. The molecule has 3 aromatic heterocycles. The van der Waals surface area contributed by atoms with E-state index < -0.39 is 0 Å². The Morgan fingerprint density at radius 2 is 2.00 bits per heavy atom. The Morgan fingerprint density at radius 3 is 2.84 bits per heavy atom. The van der Waals surface area contributed by atoms with Crippen molar-refractivity contribution < 1.29 is 4.79 Å². The van der Waals surface area contributed by atoms with E-state index in [0.717, 1.165) is 21.9 Å². The number of benzene rings is 1. The first-order chi connectivity index (χ1) is 12.2. The Balaban J connectivity index is 1.68. The molecule has 0 unspecified atom stereocenters. The molecule has 0 aliphatic heterocycles. The van der Waals surface area contributed by atoms with Crippen molar-refractivity contribution in [2.45, 2.75) is 13.1 Å². The number of rotatable bonds is 4. The lowest BCUT2D eigenvalue weighted by Gasteiger charge is -2.08. The molecule has 0 bridgehead atoms. The summed E-state index contributed by atoms with van der Waals surface area (Å²) in [6, 6.07) is 11.3. The maximum absolute atomic E-state index is 12.4. The zero-order chi connectivity index (χ0) is 17.2. The molecule has 0 aliphatic rings. The Hall–Kier alpha value is -3.48. The molecule has 7 nitrogen and oxygen atoms in total. The minimum absolute atomic E-state index is 0.0529. The fraction of sp³-hybridized carbons (Fsp3) is 0.111. The number of H-pyrrole nitrogens is 1. The zero-order valence-corrected chi connectivity index (χ0v) is 13.3. The third-order valence-corrected chi connectivity index (χ3v) is 4.10. The first kappa shape index (κ1) is 15.1. The monoisotopic (exact) mass is 333 g/mol. The van der Waals surface area contributed by atoms with Gasteiger partial charge in [-0.1, -0.05) is 24.3 Å². The van der Waals surface area contributed by atoms with Crippen LogP contribution >= 0.6 is 0 Å². The van der Waals surface area contributed by atoms with Gasteiger partial charge < -0.3 is 9.88 Å². The van der Waals surface area contributed by atoms with Crippen LogP contribution in [0.5, 0.6) is 0 Å². The second kappa shape index (κ2) is 6.20. The van der Waals surface area contributed by atoms with E-state index in [1.807, 2.05) is 36.4 Å². The van der Waals surface area contributed by atoms with E-state index in [1.54, 1.807) is 23.2 Å². The largest absolute Gasteiger partial charge is 0.350 e. The van der Waals surface area contributed by atoms with E-state index in [9.17, 15) is 9.59 Å². The molecule has 0 aliphatic carbocycles. The zero-order valence-electron chi connectivity index (χ0n) is 13.3. The standard InChI is InChI=1S/C18H15N5O2/c24-16(20-9-12-4-3-7-19-8-12)11-23-15-6-2-1-5-13(15)14-10-21-22-18(25)17(14)23/h1-8,10H,9,11H2,(H,20,24)(H,22,25). The molecule has 1 amide bonds. The summed E-state index contributed by atoms with van der Waals surface area (Å²) in [5, 5.41) is 10.8. The molecule has 4 aromatic rings. The molecule has 0 fully saturated rings. The van der Waals surface area contributed by atoms with Crippen molar-refractivity contribution in [3.05, 3.63) is 70.9 Å². The number of para-hydroxylation sites is 1. The summed E-state index contributed by atoms with van der Waals surface area (Å²) in [4.78, 5) is 28.7. The van der Waals surface area contributed by atoms with E-state index in [4.69, 9.17) is 0 Å². The van der Waals surface area contributed by atoms with Crippen LogP contribution in [0.4, 0.5) is 0 Å². The van der Waals surface area contributed by atoms with Crippen molar-refractivity contribution in [3.63, 3.8) is 0 Å². The third-order valence-electron chi connectivity index (χ3n) is 4.10. The topological polar surface area (TPSA) is 92.7 Å². The number of nitrogens with zero attached hydrogens (tertiary/aromatic N) is 3. The SMILES string of the molecule is O=C(Cn1c2ccccc2c2cn[nH]c(=O)c21)NCc1cccnc1. The highest BCUT2D eigenvalue weighted by atomic mass is 16.2. The smallest absolute Gasteiger partial charge is 0.288 e. The van der Waals surface area contributed by atoms with Gasteiger partial charge in [0, 0.05) is 35.2 Å². The minimum Gasteiger partial charge on any atom is -0.350 e. The predicted molar refractivity (Wildman–Crippen MR) is 93.9 cm³/mol. The average molecular weight is 333 g/mol. The van der Waals surface area contributed by atoms with Crippen molar-refractivity contribution in [3.8, 4) is 0 Å². The van der Waals surface area contributed by atoms with Gasteiger partial charge in [0.1, 0.15) is 12.1 Å². The molecule has 7 heteroatoms. The Labute approximate surface area is 142 Å². The highest BCUT2D eigenvalue weighted by Gasteiger charge is 2.15. The van der Waals surface area contributed by atoms with E-state index in [-0.39, 0.29) is 18.0 Å². The molecule has 2 N–H and O–H groups in total. The van der Waals surface area contributed by atoms with Crippen LogP contribution in [-0.4, -0.2) is 25.7 Å². The molecule has 25 heavy (non-hydrogen) atoms. The van der Waals surface area contributed by atoms with Crippen LogP contribution in [0.25, 0.3) is 21.8 Å². The number of hydrogen-bond donors (Lipinski definition) is 2. The van der Waals surface area contributed by atoms with E-state index >= 15 is 0 Å². The van der Waals surface area contributed by atoms with Crippen molar-refractivity contribution in [2.75, 3.05) is 0 Å². The molecular weight excluding hydrogens is 318 g/mol. The van der Waals surface area contributed by atoms with Crippen molar-refractivity contribution in [1.29, 1.82) is 0 Å². The summed E-state index contributed by atoms with van der Waals surface area (Å²) in [5.74, 6) is -0.178. The van der Waals surface area contributed by atoms with Gasteiger partial charge in [0.2, 0.25) is 5.91 Å². The lowest BCUT2D eigenvalue weighted by atomic mass is 10.2. The van der Waals surface area contributed by atoms with Gasteiger partial charge in [-0.25, -0.2) is 5.10 Å². The van der Waals surface area contributed by atoms with E-state index in [1.165, 1.54) is 0 Å². The van der Waals surface area contributed by atoms with Crippen LogP contribution in [0.1, 0.15) is 5.56 Å². The number of hydrogen-bond acceptors (Lipinski definition) is 4. The second-order valence-corrected chi connectivity index (χ2v) is 5.70. The van der Waals surface area contributed by atoms with E-state index in [0.29, 0.717) is 12.1 Å². The summed E-state index contributed by atoms with van der Waals surface area (Å²) in [6.45, 7) is 0.444. The Morgan fingerprint density at radius 1 is 1.12 bits per heavy atom. The molecule has 4 rings (SSSR count). The van der Waals surface area contributed by atoms with Crippen LogP contribution in [-0.2, 0) is 17.9 Å². The quantitative estimate of drug-likeness (QED) is 0.593. The number of fused-ring (bicyclic) bond motifs is 3. The lowest BCUT2D eigenvalue weighted by molar-refractivity contribution is -0.121. The fourth-order valence-corrected chi connectivity index (χ4v) is 2.98. The lowest BCUT2D eigenvalue weighted by Crippen LogP contribution is -2.28. The second-order valence-electron chi connectivity index (χ2n) is 5.70. The first-order valence-corrected chi connectivity index (χ1v) is 7.84. The number of aromatic nitrogens is 4. The Bertz CT molecular complexity index is 1110. The molecular formula is C18H15N5O2. The third kappa shape index (κ3) is 2.76. The first-order valence-electron chi connectivity index (χ1n) is 7.84. The summed E-state index contributed by atoms with van der Waals surface area (Å²) in [6.07, 6.45) is 5.00. The van der Waals surface area contributed by atoms with Crippen LogP contribution in [0, 0.1) is 0 Å². The fourth-order valence-electron chi connectivity index (χ4n) is 2.98. The molecule has 0 saturated heterocycles.